The van der Waals surface area contributed by atoms with E-state index in [0.29, 0.717) is 0 Å². The number of para-hydroxylation sites is 1. The van der Waals surface area contributed by atoms with Gasteiger partial charge in [0.2, 0.25) is 0 Å². The molecule has 0 atom stereocenters. The minimum absolute atomic E-state index is 0.0519. The highest BCUT2D eigenvalue weighted by atomic mass is 32.1. The number of hydrazine groups is 1. The van der Waals surface area contributed by atoms with Gasteiger partial charge in [-0.05, 0) is 24.4 Å². The van der Waals surface area contributed by atoms with Crippen LogP contribution in [-0.4, -0.2) is 5.11 Å². The van der Waals surface area contributed by atoms with Gasteiger partial charge in [-0.15, -0.1) is 0 Å². The number of nitrogens with two attached hydrogens (primary N) is 1. The van der Waals surface area contributed by atoms with Gasteiger partial charge in [-0.2, -0.15) is 0 Å². The topological polar surface area (TPSA) is 50.1 Å². The Kier molecular flexibility index (Phi) is 3.10. The molecule has 1 rings (SSSR count). The number of halogens is 2. The highest BCUT2D eigenvalue weighted by molar-refractivity contribution is 7.80. The van der Waals surface area contributed by atoms with E-state index in [-0.39, 0.29) is 10.8 Å². The lowest BCUT2D eigenvalue weighted by Gasteiger charge is -2.08. The highest BCUT2D eigenvalue weighted by Gasteiger charge is 2.08. The summed E-state index contributed by atoms with van der Waals surface area (Å²) in [5.74, 6) is 3.47. The molecule has 0 fully saturated rings. The molecule has 0 aliphatic heterocycles. The summed E-state index contributed by atoms with van der Waals surface area (Å²) in [5.41, 5.74) is 1.74. The standard InChI is InChI=1S/C7H7F2N3S/c8-4-2-1-3-5(9)6(4)11-7(13)12-10/h1-3H,10H2,(H2,11,12,13). The first kappa shape index (κ1) is 9.82. The van der Waals surface area contributed by atoms with Crippen LogP contribution in [0.25, 0.3) is 0 Å². The number of anilines is 1. The summed E-state index contributed by atoms with van der Waals surface area (Å²) in [4.78, 5) is 0. The minimum Gasteiger partial charge on any atom is -0.327 e. The maximum Gasteiger partial charge on any atom is 0.185 e. The number of hydrogen-bond donors (Lipinski definition) is 3. The zero-order chi connectivity index (χ0) is 9.84. The zero-order valence-corrected chi connectivity index (χ0v) is 7.29. The average molecular weight is 203 g/mol. The minimum atomic E-state index is -0.724. The van der Waals surface area contributed by atoms with Gasteiger partial charge in [0.25, 0.3) is 0 Å². The molecular weight excluding hydrogens is 196 g/mol. The van der Waals surface area contributed by atoms with E-state index >= 15 is 0 Å². The Bertz CT molecular complexity index is 309. The molecule has 6 heteroatoms. The van der Waals surface area contributed by atoms with E-state index in [1.54, 1.807) is 0 Å². The van der Waals surface area contributed by atoms with Crippen LogP contribution in [0.4, 0.5) is 14.5 Å². The quantitative estimate of drug-likeness (QED) is 0.364. The monoisotopic (exact) mass is 203 g/mol. The van der Waals surface area contributed by atoms with Crippen LogP contribution in [0.15, 0.2) is 18.2 Å². The summed E-state index contributed by atoms with van der Waals surface area (Å²) < 4.78 is 25.8. The summed E-state index contributed by atoms with van der Waals surface area (Å²) in [7, 11) is 0. The Morgan fingerprint density at radius 3 is 2.31 bits per heavy atom. The van der Waals surface area contributed by atoms with Gasteiger partial charge in [-0.25, -0.2) is 14.6 Å². The fourth-order valence-electron chi connectivity index (χ4n) is 0.767. The highest BCUT2D eigenvalue weighted by Crippen LogP contribution is 2.17. The molecule has 70 valence electrons. The Labute approximate surface area is 78.9 Å². The Morgan fingerprint density at radius 2 is 1.85 bits per heavy atom. The summed E-state index contributed by atoms with van der Waals surface area (Å²) in [6.45, 7) is 0. The van der Waals surface area contributed by atoms with E-state index in [0.717, 1.165) is 12.1 Å². The van der Waals surface area contributed by atoms with Gasteiger partial charge >= 0.3 is 0 Å². The van der Waals surface area contributed by atoms with Gasteiger partial charge in [0.05, 0.1) is 0 Å². The lowest BCUT2D eigenvalue weighted by molar-refractivity contribution is 0.591. The van der Waals surface area contributed by atoms with Gasteiger partial charge in [0.1, 0.15) is 17.3 Å². The van der Waals surface area contributed by atoms with E-state index in [4.69, 9.17) is 5.84 Å². The molecule has 0 saturated carbocycles. The summed E-state index contributed by atoms with van der Waals surface area (Å²) >= 11 is 4.58. The first-order valence-corrected chi connectivity index (χ1v) is 3.77. The molecule has 0 saturated heterocycles. The smallest absolute Gasteiger partial charge is 0.185 e. The van der Waals surface area contributed by atoms with Crippen LogP contribution in [-0.2, 0) is 0 Å². The maximum atomic E-state index is 12.9. The number of hydrogen-bond acceptors (Lipinski definition) is 2. The molecule has 0 aliphatic carbocycles. The van der Waals surface area contributed by atoms with E-state index in [2.05, 4.69) is 23.0 Å². The number of benzene rings is 1. The Morgan fingerprint density at radius 1 is 1.31 bits per heavy atom. The van der Waals surface area contributed by atoms with Gasteiger partial charge in [0.15, 0.2) is 5.11 Å². The van der Waals surface area contributed by atoms with E-state index in [1.165, 1.54) is 6.07 Å². The summed E-state index contributed by atoms with van der Waals surface area (Å²) in [5, 5.41) is 2.22. The molecule has 1 aromatic carbocycles. The normalized spacial score (nSPS) is 9.46. The van der Waals surface area contributed by atoms with Crippen molar-refractivity contribution in [2.75, 3.05) is 5.32 Å². The molecular formula is C7H7F2N3S. The van der Waals surface area contributed by atoms with Crippen molar-refractivity contribution in [3.05, 3.63) is 29.8 Å². The molecule has 1 aromatic rings. The number of nitrogens with one attached hydrogen (secondary N) is 2. The lowest BCUT2D eigenvalue weighted by atomic mass is 10.3. The lowest BCUT2D eigenvalue weighted by Crippen LogP contribution is -2.34. The molecule has 0 unspecified atom stereocenters. The molecule has 13 heavy (non-hydrogen) atoms. The zero-order valence-electron chi connectivity index (χ0n) is 6.47. The van der Waals surface area contributed by atoms with Crippen LogP contribution in [0.1, 0.15) is 0 Å². The molecule has 0 radical (unpaired) electrons. The van der Waals surface area contributed by atoms with Crippen molar-refractivity contribution in [3.8, 4) is 0 Å². The first-order chi connectivity index (χ1) is 6.15. The van der Waals surface area contributed by atoms with Crippen molar-refractivity contribution in [3.63, 3.8) is 0 Å². The van der Waals surface area contributed by atoms with Crippen molar-refractivity contribution < 1.29 is 8.78 Å². The largest absolute Gasteiger partial charge is 0.327 e. The predicted molar refractivity (Wildman–Crippen MR) is 49.9 cm³/mol. The van der Waals surface area contributed by atoms with Crippen molar-refractivity contribution in [1.82, 2.24) is 5.43 Å². The summed E-state index contributed by atoms with van der Waals surface area (Å²) in [6, 6.07) is 3.49. The van der Waals surface area contributed by atoms with Gasteiger partial charge in [0, 0.05) is 0 Å². The molecule has 0 spiro atoms. The molecule has 3 nitrogen and oxygen atoms in total. The number of thiocarbonyl (C=S) groups is 1. The van der Waals surface area contributed by atoms with Crippen LogP contribution in [0.5, 0.6) is 0 Å². The fourth-order valence-corrected chi connectivity index (χ4v) is 0.869. The second-order valence-electron chi connectivity index (χ2n) is 2.20. The molecule has 0 amide bonds. The van der Waals surface area contributed by atoms with Crippen LogP contribution >= 0.6 is 12.2 Å². The van der Waals surface area contributed by atoms with E-state index in [1.807, 2.05) is 0 Å². The van der Waals surface area contributed by atoms with Gasteiger partial charge in [-0.3, -0.25) is 0 Å². The van der Waals surface area contributed by atoms with Gasteiger partial charge in [-0.1, -0.05) is 6.07 Å². The van der Waals surface area contributed by atoms with Crippen LogP contribution in [0.3, 0.4) is 0 Å². The SMILES string of the molecule is NNC(=S)Nc1c(F)cccc1F. The van der Waals surface area contributed by atoms with Crippen LogP contribution in [0, 0.1) is 11.6 Å². The average Bonchev–Trinajstić information content (AvgIpc) is 2.11. The predicted octanol–water partition coefficient (Wildman–Crippen LogP) is 1.12. The third-order valence-electron chi connectivity index (χ3n) is 1.33. The Hall–Kier alpha value is -1.27. The molecule has 0 aliphatic rings. The third kappa shape index (κ3) is 2.33. The molecule has 4 N–H and O–H groups in total. The van der Waals surface area contributed by atoms with Gasteiger partial charge < -0.3 is 10.7 Å². The number of rotatable bonds is 1. The van der Waals surface area contributed by atoms with Crippen LogP contribution < -0.4 is 16.6 Å². The maximum absolute atomic E-state index is 12.9. The second-order valence-corrected chi connectivity index (χ2v) is 2.60. The van der Waals surface area contributed by atoms with Crippen molar-refractivity contribution in [2.24, 2.45) is 5.84 Å². The van der Waals surface area contributed by atoms with Crippen molar-refractivity contribution in [2.45, 2.75) is 0 Å². The van der Waals surface area contributed by atoms with E-state index < -0.39 is 11.6 Å². The van der Waals surface area contributed by atoms with Crippen molar-refractivity contribution in [1.29, 1.82) is 0 Å². The molecule has 0 heterocycles. The second kappa shape index (κ2) is 4.11. The van der Waals surface area contributed by atoms with Crippen LogP contribution in [0.2, 0.25) is 0 Å². The Balaban J connectivity index is 2.93. The fraction of sp³-hybridized carbons (Fsp3) is 0. The first-order valence-electron chi connectivity index (χ1n) is 3.36. The third-order valence-corrected chi connectivity index (χ3v) is 1.55. The van der Waals surface area contributed by atoms with E-state index in [9.17, 15) is 8.78 Å². The molecule has 0 aromatic heterocycles. The summed E-state index contributed by atoms with van der Waals surface area (Å²) in [6.07, 6.45) is 0. The molecule has 0 bridgehead atoms. The van der Waals surface area contributed by atoms with Crippen molar-refractivity contribution >= 4 is 23.0 Å².